The van der Waals surface area contributed by atoms with Gasteiger partial charge in [0, 0.05) is 12.1 Å². The average molecular weight is 348 g/mol. The quantitative estimate of drug-likeness (QED) is 0.843. The molecule has 0 aromatic heterocycles. The molecule has 0 radical (unpaired) electrons. The third-order valence-corrected chi connectivity index (χ3v) is 4.57. The molecular formula is C17H17FN2O3S. The molecule has 1 amide bonds. The van der Waals surface area contributed by atoms with Crippen LogP contribution in [0.15, 0.2) is 59.5 Å². The molecule has 126 valence electrons. The van der Waals surface area contributed by atoms with E-state index in [0.717, 1.165) is 0 Å². The second kappa shape index (κ2) is 7.85. The third kappa shape index (κ3) is 5.00. The van der Waals surface area contributed by atoms with Gasteiger partial charge in [0.1, 0.15) is 5.82 Å². The monoisotopic (exact) mass is 348 g/mol. The average Bonchev–Trinajstić information content (AvgIpc) is 2.55. The molecule has 2 aromatic carbocycles. The summed E-state index contributed by atoms with van der Waals surface area (Å²) in [6, 6.07) is 12.0. The molecule has 0 aliphatic carbocycles. The van der Waals surface area contributed by atoms with Crippen molar-refractivity contribution in [3.05, 3.63) is 66.0 Å². The number of carbonyl (C=O) groups is 1. The van der Waals surface area contributed by atoms with Crippen LogP contribution in [0.1, 0.15) is 12.0 Å². The molecule has 2 N–H and O–H groups in total. The number of benzene rings is 2. The van der Waals surface area contributed by atoms with Gasteiger partial charge >= 0.3 is 0 Å². The van der Waals surface area contributed by atoms with E-state index >= 15 is 0 Å². The summed E-state index contributed by atoms with van der Waals surface area (Å²) in [5, 5.41) is 2.62. The van der Waals surface area contributed by atoms with Crippen molar-refractivity contribution in [2.75, 3.05) is 12.4 Å². The first-order chi connectivity index (χ1) is 11.4. The number of halogens is 1. The van der Waals surface area contributed by atoms with Crippen molar-refractivity contribution in [1.82, 2.24) is 4.72 Å². The molecule has 2 aromatic rings. The van der Waals surface area contributed by atoms with Gasteiger partial charge in [-0.3, -0.25) is 4.79 Å². The number of sulfonamides is 1. The molecule has 5 nitrogen and oxygen atoms in total. The van der Waals surface area contributed by atoms with Crippen molar-refractivity contribution >= 4 is 27.7 Å². The number of nitrogens with one attached hydrogen (secondary N) is 2. The summed E-state index contributed by atoms with van der Waals surface area (Å²) in [5.74, 6) is -0.647. The second-order valence-corrected chi connectivity index (χ2v) is 6.83. The van der Waals surface area contributed by atoms with Crippen molar-refractivity contribution < 1.29 is 17.6 Å². The fourth-order valence-electron chi connectivity index (χ4n) is 1.98. The van der Waals surface area contributed by atoms with E-state index in [1.54, 1.807) is 36.4 Å². The predicted octanol–water partition coefficient (Wildman–Crippen LogP) is 2.78. The van der Waals surface area contributed by atoms with E-state index in [2.05, 4.69) is 10.0 Å². The van der Waals surface area contributed by atoms with E-state index in [-0.39, 0.29) is 23.0 Å². The summed E-state index contributed by atoms with van der Waals surface area (Å²) in [6.07, 6.45) is 3.34. The molecule has 0 atom stereocenters. The Labute approximate surface area is 140 Å². The molecule has 0 bridgehead atoms. The Balaban J connectivity index is 1.99. The summed E-state index contributed by atoms with van der Waals surface area (Å²) >= 11 is 0. The number of amides is 1. The maximum atomic E-state index is 13.0. The van der Waals surface area contributed by atoms with Crippen LogP contribution in [0.4, 0.5) is 10.1 Å². The van der Waals surface area contributed by atoms with Crippen LogP contribution in [0.5, 0.6) is 0 Å². The lowest BCUT2D eigenvalue weighted by atomic mass is 10.2. The van der Waals surface area contributed by atoms with Gasteiger partial charge in [-0.2, -0.15) is 0 Å². The van der Waals surface area contributed by atoms with Crippen molar-refractivity contribution in [2.45, 2.75) is 11.3 Å². The molecule has 0 aliphatic heterocycles. The van der Waals surface area contributed by atoms with Gasteiger partial charge in [0.2, 0.25) is 15.9 Å². The molecule has 0 aliphatic rings. The van der Waals surface area contributed by atoms with Gasteiger partial charge in [0.25, 0.3) is 0 Å². The van der Waals surface area contributed by atoms with Crippen molar-refractivity contribution in [3.63, 3.8) is 0 Å². The fourth-order valence-corrected chi connectivity index (χ4v) is 2.76. The van der Waals surface area contributed by atoms with Crippen LogP contribution >= 0.6 is 0 Å². The highest BCUT2D eigenvalue weighted by Gasteiger charge is 2.11. The van der Waals surface area contributed by atoms with Crippen LogP contribution in [-0.4, -0.2) is 21.4 Å². The zero-order valence-electron chi connectivity index (χ0n) is 13.0. The topological polar surface area (TPSA) is 75.3 Å². The summed E-state index contributed by atoms with van der Waals surface area (Å²) in [4.78, 5) is 12.0. The maximum Gasteiger partial charge on any atom is 0.240 e. The number of hydrogen-bond acceptors (Lipinski definition) is 3. The highest BCUT2D eigenvalue weighted by molar-refractivity contribution is 7.89. The lowest BCUT2D eigenvalue weighted by Gasteiger charge is -2.07. The van der Waals surface area contributed by atoms with Crippen LogP contribution < -0.4 is 10.0 Å². The Morgan fingerprint density at radius 2 is 1.92 bits per heavy atom. The Hall–Kier alpha value is -2.51. The Morgan fingerprint density at radius 1 is 1.17 bits per heavy atom. The summed E-state index contributed by atoms with van der Waals surface area (Å²) in [6.45, 7) is 0. The smallest absolute Gasteiger partial charge is 0.240 e. The van der Waals surface area contributed by atoms with Crippen LogP contribution in [0.3, 0.4) is 0 Å². The molecular weight excluding hydrogens is 331 g/mol. The molecule has 0 unspecified atom stereocenters. The Kier molecular flexibility index (Phi) is 5.83. The minimum atomic E-state index is -3.56. The largest absolute Gasteiger partial charge is 0.326 e. The molecule has 24 heavy (non-hydrogen) atoms. The van der Waals surface area contributed by atoms with E-state index in [1.165, 1.54) is 31.3 Å². The van der Waals surface area contributed by atoms with E-state index in [4.69, 9.17) is 0 Å². The van der Waals surface area contributed by atoms with Gasteiger partial charge in [0.15, 0.2) is 0 Å². The van der Waals surface area contributed by atoms with Crippen molar-refractivity contribution in [3.8, 4) is 0 Å². The van der Waals surface area contributed by atoms with Gasteiger partial charge in [0.05, 0.1) is 4.90 Å². The van der Waals surface area contributed by atoms with Gasteiger partial charge in [-0.05, 0) is 42.9 Å². The summed E-state index contributed by atoms with van der Waals surface area (Å²) < 4.78 is 38.7. The predicted molar refractivity (Wildman–Crippen MR) is 91.4 cm³/mol. The van der Waals surface area contributed by atoms with Crippen molar-refractivity contribution in [2.24, 2.45) is 0 Å². The van der Waals surface area contributed by atoms with Gasteiger partial charge in [-0.15, -0.1) is 0 Å². The zero-order valence-corrected chi connectivity index (χ0v) is 13.8. The molecule has 0 heterocycles. The SMILES string of the molecule is CNS(=O)(=O)c1cccc(NC(=O)C/C=C/c2cccc(F)c2)c1. The highest BCUT2D eigenvalue weighted by atomic mass is 32.2. The summed E-state index contributed by atoms with van der Waals surface area (Å²) in [5.41, 5.74) is 1.04. The minimum Gasteiger partial charge on any atom is -0.326 e. The van der Waals surface area contributed by atoms with E-state index in [1.807, 2.05) is 0 Å². The van der Waals surface area contributed by atoms with E-state index in [9.17, 15) is 17.6 Å². The lowest BCUT2D eigenvalue weighted by Crippen LogP contribution is -2.19. The van der Waals surface area contributed by atoms with Crippen LogP contribution in [0, 0.1) is 5.82 Å². The van der Waals surface area contributed by atoms with Gasteiger partial charge in [-0.1, -0.05) is 30.4 Å². The van der Waals surface area contributed by atoms with E-state index < -0.39 is 10.0 Å². The number of anilines is 1. The van der Waals surface area contributed by atoms with Crippen LogP contribution in [0.25, 0.3) is 6.08 Å². The third-order valence-electron chi connectivity index (χ3n) is 3.16. The lowest BCUT2D eigenvalue weighted by molar-refractivity contribution is -0.115. The highest BCUT2D eigenvalue weighted by Crippen LogP contribution is 2.15. The molecule has 0 spiro atoms. The number of carbonyl (C=O) groups excluding carboxylic acids is 1. The first kappa shape index (κ1) is 17.8. The van der Waals surface area contributed by atoms with Gasteiger partial charge in [-0.25, -0.2) is 17.5 Å². The molecule has 0 saturated heterocycles. The van der Waals surface area contributed by atoms with Crippen LogP contribution in [-0.2, 0) is 14.8 Å². The maximum absolute atomic E-state index is 13.0. The Morgan fingerprint density at radius 3 is 2.62 bits per heavy atom. The standard InChI is InChI=1S/C17H17FN2O3S/c1-19-24(22,23)16-9-4-8-15(12-16)20-17(21)10-3-6-13-5-2-7-14(18)11-13/h2-9,11-12,19H,10H2,1H3,(H,20,21)/b6-3+. The fraction of sp³-hybridized carbons (Fsp3) is 0.118. The molecule has 0 fully saturated rings. The molecule has 2 rings (SSSR count). The minimum absolute atomic E-state index is 0.0677. The normalized spacial score (nSPS) is 11.6. The number of rotatable bonds is 6. The molecule has 7 heteroatoms. The number of hydrogen-bond donors (Lipinski definition) is 2. The summed E-state index contributed by atoms with van der Waals surface area (Å²) in [7, 11) is -2.25. The van der Waals surface area contributed by atoms with Crippen LogP contribution in [0.2, 0.25) is 0 Å². The van der Waals surface area contributed by atoms with E-state index in [0.29, 0.717) is 11.3 Å². The Bertz CT molecular complexity index is 864. The molecule has 0 saturated carbocycles. The van der Waals surface area contributed by atoms with Crippen molar-refractivity contribution in [1.29, 1.82) is 0 Å². The first-order valence-corrected chi connectivity index (χ1v) is 8.64. The first-order valence-electron chi connectivity index (χ1n) is 7.16. The second-order valence-electron chi connectivity index (χ2n) is 4.95. The van der Waals surface area contributed by atoms with Gasteiger partial charge < -0.3 is 5.32 Å². The zero-order chi connectivity index (χ0) is 17.6.